The van der Waals surface area contributed by atoms with Gasteiger partial charge in [-0.3, -0.25) is 4.79 Å². The van der Waals surface area contributed by atoms with Crippen LogP contribution in [0.4, 0.5) is 0 Å². The first-order valence-electron chi connectivity index (χ1n) is 7.38. The van der Waals surface area contributed by atoms with E-state index in [-0.39, 0.29) is 5.91 Å². The van der Waals surface area contributed by atoms with Gasteiger partial charge in [0.1, 0.15) is 0 Å². The van der Waals surface area contributed by atoms with Gasteiger partial charge in [0.05, 0.1) is 0 Å². The maximum atomic E-state index is 12.5. The molecule has 1 aromatic rings. The average molecular weight is 275 g/mol. The van der Waals surface area contributed by atoms with Gasteiger partial charge < -0.3 is 15.1 Å². The average Bonchev–Trinajstić information content (AvgIpc) is 2.90. The summed E-state index contributed by atoms with van der Waals surface area (Å²) in [5, 5.41) is 3.31. The molecule has 1 N–H and O–H groups in total. The van der Waals surface area contributed by atoms with Gasteiger partial charge in [-0.15, -0.1) is 0 Å². The van der Waals surface area contributed by atoms with E-state index in [1.54, 1.807) is 0 Å². The molecule has 0 radical (unpaired) electrons. The first kappa shape index (κ1) is 15.0. The molecule has 110 valence electrons. The SMILES string of the molecule is CCN(CCCN(C)C)C(=O)c1ccc2c(c1)CNC2. The molecule has 1 aliphatic rings. The van der Waals surface area contributed by atoms with Crippen molar-refractivity contribution in [2.75, 3.05) is 33.7 Å². The molecule has 0 aliphatic carbocycles. The van der Waals surface area contributed by atoms with E-state index in [0.717, 1.165) is 44.7 Å². The van der Waals surface area contributed by atoms with Crippen LogP contribution >= 0.6 is 0 Å². The van der Waals surface area contributed by atoms with Crippen LogP contribution in [0.1, 0.15) is 34.8 Å². The molecule has 0 unspecified atom stereocenters. The normalized spacial score (nSPS) is 13.6. The molecule has 0 atom stereocenters. The molecule has 20 heavy (non-hydrogen) atoms. The molecule has 0 saturated carbocycles. The third-order valence-corrected chi connectivity index (χ3v) is 3.79. The Kier molecular flexibility index (Phi) is 5.15. The lowest BCUT2D eigenvalue weighted by molar-refractivity contribution is 0.0759. The highest BCUT2D eigenvalue weighted by Crippen LogP contribution is 2.18. The van der Waals surface area contributed by atoms with Gasteiger partial charge >= 0.3 is 0 Å². The van der Waals surface area contributed by atoms with Crippen LogP contribution in [0, 0.1) is 0 Å². The quantitative estimate of drug-likeness (QED) is 0.858. The molecular weight excluding hydrogens is 250 g/mol. The van der Waals surface area contributed by atoms with Crippen LogP contribution in [0.15, 0.2) is 18.2 Å². The van der Waals surface area contributed by atoms with E-state index < -0.39 is 0 Å². The fourth-order valence-corrected chi connectivity index (χ4v) is 2.59. The van der Waals surface area contributed by atoms with E-state index in [2.05, 4.69) is 30.4 Å². The topological polar surface area (TPSA) is 35.6 Å². The summed E-state index contributed by atoms with van der Waals surface area (Å²) in [5.74, 6) is 0.154. The zero-order valence-corrected chi connectivity index (χ0v) is 12.8. The number of carbonyl (C=O) groups is 1. The predicted octanol–water partition coefficient (Wildman–Crippen LogP) is 1.70. The van der Waals surface area contributed by atoms with Crippen molar-refractivity contribution in [3.05, 3.63) is 34.9 Å². The highest BCUT2D eigenvalue weighted by atomic mass is 16.2. The van der Waals surface area contributed by atoms with Crippen molar-refractivity contribution in [3.8, 4) is 0 Å². The summed E-state index contributed by atoms with van der Waals surface area (Å²) in [6.45, 7) is 6.44. The van der Waals surface area contributed by atoms with Crippen molar-refractivity contribution in [2.24, 2.45) is 0 Å². The molecule has 0 fully saturated rings. The Balaban J connectivity index is 2.00. The Hall–Kier alpha value is -1.39. The van der Waals surface area contributed by atoms with Gasteiger partial charge in [-0.05, 0) is 57.2 Å². The number of benzene rings is 1. The number of hydrogen-bond donors (Lipinski definition) is 1. The summed E-state index contributed by atoms with van der Waals surface area (Å²) in [7, 11) is 4.12. The molecular formula is C16H25N3O. The molecule has 0 aromatic heterocycles. The molecule has 1 aliphatic heterocycles. The summed E-state index contributed by atoms with van der Waals surface area (Å²) in [5.41, 5.74) is 3.40. The Labute approximate surface area is 121 Å². The third kappa shape index (κ3) is 3.58. The standard InChI is InChI=1S/C16H25N3O/c1-4-19(9-5-8-18(2)3)16(20)13-6-7-14-11-17-12-15(14)10-13/h6-7,10,17H,4-5,8-9,11-12H2,1-3H3. The maximum Gasteiger partial charge on any atom is 0.253 e. The van der Waals surface area contributed by atoms with Crippen molar-refractivity contribution in [1.29, 1.82) is 0 Å². The molecule has 0 spiro atoms. The summed E-state index contributed by atoms with van der Waals surface area (Å²) < 4.78 is 0. The van der Waals surface area contributed by atoms with Crippen LogP contribution in [0.25, 0.3) is 0 Å². The van der Waals surface area contributed by atoms with Crippen molar-refractivity contribution in [2.45, 2.75) is 26.4 Å². The molecule has 4 nitrogen and oxygen atoms in total. The zero-order chi connectivity index (χ0) is 14.5. The summed E-state index contributed by atoms with van der Waals surface area (Å²) in [4.78, 5) is 16.6. The van der Waals surface area contributed by atoms with Crippen LogP contribution in [-0.2, 0) is 13.1 Å². The second kappa shape index (κ2) is 6.86. The molecule has 0 saturated heterocycles. The Morgan fingerprint density at radius 3 is 2.65 bits per heavy atom. The largest absolute Gasteiger partial charge is 0.339 e. The Bertz CT molecular complexity index is 471. The monoisotopic (exact) mass is 275 g/mol. The van der Waals surface area contributed by atoms with Gasteiger partial charge in [-0.25, -0.2) is 0 Å². The van der Waals surface area contributed by atoms with Gasteiger partial charge in [0.2, 0.25) is 0 Å². The van der Waals surface area contributed by atoms with Crippen molar-refractivity contribution < 1.29 is 4.79 Å². The van der Waals surface area contributed by atoms with Gasteiger partial charge in [-0.1, -0.05) is 6.07 Å². The summed E-state index contributed by atoms with van der Waals surface area (Å²) >= 11 is 0. The zero-order valence-electron chi connectivity index (χ0n) is 12.8. The minimum absolute atomic E-state index is 0.154. The molecule has 1 aromatic carbocycles. The van der Waals surface area contributed by atoms with Crippen LogP contribution in [0.3, 0.4) is 0 Å². The second-order valence-corrected chi connectivity index (χ2v) is 5.63. The lowest BCUT2D eigenvalue weighted by Crippen LogP contribution is -2.33. The molecule has 0 bridgehead atoms. The number of hydrogen-bond acceptors (Lipinski definition) is 3. The predicted molar refractivity (Wildman–Crippen MR) is 81.7 cm³/mol. The van der Waals surface area contributed by atoms with Gasteiger partial charge in [0.15, 0.2) is 0 Å². The van der Waals surface area contributed by atoms with E-state index in [1.807, 2.05) is 24.0 Å². The van der Waals surface area contributed by atoms with Crippen molar-refractivity contribution in [3.63, 3.8) is 0 Å². The smallest absolute Gasteiger partial charge is 0.253 e. The lowest BCUT2D eigenvalue weighted by atomic mass is 10.1. The maximum absolute atomic E-state index is 12.5. The van der Waals surface area contributed by atoms with Gasteiger partial charge in [0.25, 0.3) is 5.91 Å². The number of rotatable bonds is 6. The van der Waals surface area contributed by atoms with Crippen LogP contribution in [0.5, 0.6) is 0 Å². The fourth-order valence-electron chi connectivity index (χ4n) is 2.59. The molecule has 2 rings (SSSR count). The van der Waals surface area contributed by atoms with Crippen LogP contribution < -0.4 is 5.32 Å². The van der Waals surface area contributed by atoms with E-state index in [0.29, 0.717) is 0 Å². The minimum atomic E-state index is 0.154. The number of carbonyl (C=O) groups excluding carboxylic acids is 1. The summed E-state index contributed by atoms with van der Waals surface area (Å²) in [6.07, 6.45) is 1.01. The van der Waals surface area contributed by atoms with Crippen molar-refractivity contribution in [1.82, 2.24) is 15.1 Å². The second-order valence-electron chi connectivity index (χ2n) is 5.63. The van der Waals surface area contributed by atoms with Crippen LogP contribution in [-0.4, -0.2) is 49.4 Å². The van der Waals surface area contributed by atoms with Crippen LogP contribution in [0.2, 0.25) is 0 Å². The van der Waals surface area contributed by atoms with E-state index >= 15 is 0 Å². The Morgan fingerprint density at radius 1 is 1.20 bits per heavy atom. The summed E-state index contributed by atoms with van der Waals surface area (Å²) in [6, 6.07) is 6.09. The molecule has 4 heteroatoms. The number of fused-ring (bicyclic) bond motifs is 1. The number of amides is 1. The van der Waals surface area contributed by atoms with Crippen molar-refractivity contribution >= 4 is 5.91 Å². The van der Waals surface area contributed by atoms with Gasteiger partial charge in [0, 0.05) is 31.7 Å². The molecule has 1 amide bonds. The molecule has 1 heterocycles. The van der Waals surface area contributed by atoms with E-state index in [4.69, 9.17) is 0 Å². The highest BCUT2D eigenvalue weighted by molar-refractivity contribution is 5.94. The fraction of sp³-hybridized carbons (Fsp3) is 0.562. The van der Waals surface area contributed by atoms with E-state index in [1.165, 1.54) is 11.1 Å². The highest BCUT2D eigenvalue weighted by Gasteiger charge is 2.17. The Morgan fingerprint density at radius 2 is 1.95 bits per heavy atom. The minimum Gasteiger partial charge on any atom is -0.339 e. The number of nitrogens with one attached hydrogen (secondary N) is 1. The van der Waals surface area contributed by atoms with Gasteiger partial charge in [-0.2, -0.15) is 0 Å². The third-order valence-electron chi connectivity index (χ3n) is 3.79. The first-order valence-corrected chi connectivity index (χ1v) is 7.38. The number of nitrogens with zero attached hydrogens (tertiary/aromatic N) is 2. The van der Waals surface area contributed by atoms with E-state index in [9.17, 15) is 4.79 Å². The lowest BCUT2D eigenvalue weighted by Gasteiger charge is -2.22. The first-order chi connectivity index (χ1) is 9.61.